The minimum Gasteiger partial charge on any atom is -0.492 e. The van der Waals surface area contributed by atoms with E-state index in [0.29, 0.717) is 18.0 Å². The van der Waals surface area contributed by atoms with Gasteiger partial charge in [-0.3, -0.25) is 0 Å². The van der Waals surface area contributed by atoms with Crippen LogP contribution in [0.3, 0.4) is 0 Å². The van der Waals surface area contributed by atoms with E-state index in [1.165, 1.54) is 23.4 Å². The van der Waals surface area contributed by atoms with Gasteiger partial charge in [-0.05, 0) is 63.8 Å². The number of nitrogens with zero attached hydrogens (tertiary/aromatic N) is 2. The second kappa shape index (κ2) is 16.8. The fraction of sp³-hybridized carbons (Fsp3) is 0.375. The Hall–Kier alpha value is -3.80. The summed E-state index contributed by atoms with van der Waals surface area (Å²) < 4.78 is 11.3. The molecule has 1 fully saturated rings. The standard InChI is InChI=1S/C19H23N3O3.C7H8.C6H12/c1-4-24-19-13-9-8-12-18(19)22(21-23)14-20-15(2)16(3)25-17-10-6-5-7-11-17;1-7-5-3-2-4-6-7;1-5-3-4-6(5)2/h5-13,20H,4,14H2,1-3H3;2-6H,1H3;5-6H,3-4H2,1-2H3/b16-15-;;. The van der Waals surface area contributed by atoms with Crippen LogP contribution in [0.25, 0.3) is 0 Å². The van der Waals surface area contributed by atoms with Gasteiger partial charge in [-0.2, -0.15) is 0 Å². The van der Waals surface area contributed by atoms with Gasteiger partial charge in [0, 0.05) is 5.70 Å². The SMILES string of the molecule is CC1CCC1C.CCOc1ccccc1N(CN/C(C)=C(/C)Oc1ccccc1)N=O.Cc1ccccc1. The van der Waals surface area contributed by atoms with Gasteiger partial charge in [-0.1, -0.05) is 92.9 Å². The topological polar surface area (TPSA) is 63.2 Å². The summed E-state index contributed by atoms with van der Waals surface area (Å²) in [5.74, 6) is 4.16. The van der Waals surface area contributed by atoms with E-state index in [1.54, 1.807) is 6.07 Å². The number of para-hydroxylation sites is 3. The highest BCUT2D eigenvalue weighted by Gasteiger charge is 2.20. The van der Waals surface area contributed by atoms with Crippen LogP contribution in [0, 0.1) is 23.7 Å². The van der Waals surface area contributed by atoms with Crippen molar-refractivity contribution in [3.05, 3.63) is 107 Å². The molecule has 38 heavy (non-hydrogen) atoms. The van der Waals surface area contributed by atoms with E-state index in [0.717, 1.165) is 29.0 Å². The summed E-state index contributed by atoms with van der Waals surface area (Å²) in [6.45, 7) is 13.1. The summed E-state index contributed by atoms with van der Waals surface area (Å²) >= 11 is 0. The third-order valence-corrected chi connectivity index (χ3v) is 6.57. The van der Waals surface area contributed by atoms with Gasteiger partial charge in [0.2, 0.25) is 0 Å². The second-order valence-electron chi connectivity index (χ2n) is 9.50. The second-order valence-corrected chi connectivity index (χ2v) is 9.50. The third-order valence-electron chi connectivity index (χ3n) is 6.57. The Kier molecular flexibility index (Phi) is 13.5. The average molecular weight is 518 g/mol. The summed E-state index contributed by atoms with van der Waals surface area (Å²) in [5.41, 5.74) is 2.75. The van der Waals surface area contributed by atoms with Gasteiger partial charge < -0.3 is 14.8 Å². The van der Waals surface area contributed by atoms with Crippen LogP contribution >= 0.6 is 0 Å². The van der Waals surface area contributed by atoms with E-state index in [4.69, 9.17) is 9.47 Å². The van der Waals surface area contributed by atoms with Crippen LogP contribution in [-0.2, 0) is 0 Å². The van der Waals surface area contributed by atoms with E-state index < -0.39 is 0 Å². The molecule has 1 N–H and O–H groups in total. The lowest BCUT2D eigenvalue weighted by atomic mass is 9.77. The van der Waals surface area contributed by atoms with E-state index in [1.807, 2.05) is 87.5 Å². The Morgan fingerprint density at radius 3 is 1.92 bits per heavy atom. The molecule has 204 valence electrons. The van der Waals surface area contributed by atoms with Crippen molar-refractivity contribution in [3.63, 3.8) is 0 Å². The van der Waals surface area contributed by atoms with Crippen LogP contribution in [0.15, 0.2) is 102 Å². The summed E-state index contributed by atoms with van der Waals surface area (Å²) in [5, 5.41) is 7.56. The van der Waals surface area contributed by atoms with Gasteiger partial charge >= 0.3 is 0 Å². The van der Waals surface area contributed by atoms with E-state index in [2.05, 4.69) is 43.5 Å². The number of nitrogens with one attached hydrogen (secondary N) is 1. The Balaban J connectivity index is 0.000000314. The number of ether oxygens (including phenoxy) is 2. The number of rotatable bonds is 9. The van der Waals surface area contributed by atoms with E-state index >= 15 is 0 Å². The molecule has 1 aliphatic carbocycles. The molecule has 0 heterocycles. The molecule has 0 saturated heterocycles. The molecule has 0 amide bonds. The first-order valence-electron chi connectivity index (χ1n) is 13.3. The zero-order valence-electron chi connectivity index (χ0n) is 23.7. The van der Waals surface area contributed by atoms with Gasteiger partial charge in [0.15, 0.2) is 0 Å². The smallest absolute Gasteiger partial charge is 0.144 e. The monoisotopic (exact) mass is 517 g/mol. The van der Waals surface area contributed by atoms with Crippen molar-refractivity contribution in [2.45, 2.75) is 54.4 Å². The van der Waals surface area contributed by atoms with E-state index in [-0.39, 0.29) is 6.67 Å². The van der Waals surface area contributed by atoms with Gasteiger partial charge in [-0.25, -0.2) is 5.01 Å². The number of anilines is 1. The first kappa shape index (κ1) is 30.4. The zero-order chi connectivity index (χ0) is 27.8. The average Bonchev–Trinajstić information content (AvgIpc) is 2.94. The van der Waals surface area contributed by atoms with Crippen LogP contribution in [0.1, 0.15) is 53.0 Å². The van der Waals surface area contributed by atoms with Gasteiger partial charge in [0.25, 0.3) is 0 Å². The number of nitroso groups, excluding NO2 is 1. The summed E-state index contributed by atoms with van der Waals surface area (Å²) in [6.07, 6.45) is 2.95. The maximum Gasteiger partial charge on any atom is 0.144 e. The minimum absolute atomic E-state index is 0.203. The van der Waals surface area contributed by atoms with Crippen molar-refractivity contribution in [1.29, 1.82) is 0 Å². The van der Waals surface area contributed by atoms with Crippen LogP contribution < -0.4 is 19.8 Å². The Morgan fingerprint density at radius 1 is 0.895 bits per heavy atom. The number of hydrogen-bond donors (Lipinski definition) is 1. The van der Waals surface area contributed by atoms with Gasteiger partial charge in [-0.15, -0.1) is 4.91 Å². The molecule has 0 radical (unpaired) electrons. The normalized spacial score (nSPS) is 16.2. The summed E-state index contributed by atoms with van der Waals surface area (Å²) in [6, 6.07) is 27.1. The van der Waals surface area contributed by atoms with Crippen LogP contribution in [0.4, 0.5) is 5.69 Å². The van der Waals surface area contributed by atoms with Crippen molar-refractivity contribution < 1.29 is 9.47 Å². The third kappa shape index (κ3) is 10.7. The molecular weight excluding hydrogens is 474 g/mol. The van der Waals surface area contributed by atoms with Crippen LogP contribution in [-0.4, -0.2) is 13.3 Å². The predicted molar refractivity (Wildman–Crippen MR) is 158 cm³/mol. The quantitative estimate of drug-likeness (QED) is 0.133. The molecule has 3 aromatic carbocycles. The molecule has 3 aromatic rings. The molecule has 0 aromatic heterocycles. The highest BCUT2D eigenvalue weighted by Crippen LogP contribution is 2.32. The molecule has 4 rings (SSSR count). The molecule has 0 aliphatic heterocycles. The Bertz CT molecular complexity index is 1100. The van der Waals surface area contributed by atoms with Crippen molar-refractivity contribution in [3.8, 4) is 11.5 Å². The molecule has 2 unspecified atom stereocenters. The summed E-state index contributed by atoms with van der Waals surface area (Å²) in [4.78, 5) is 11.3. The number of benzene rings is 3. The number of hydrogen-bond acceptors (Lipinski definition) is 5. The molecular formula is C32H43N3O3. The molecule has 0 spiro atoms. The van der Waals surface area contributed by atoms with Crippen LogP contribution in [0.2, 0.25) is 0 Å². The number of allylic oxidation sites excluding steroid dienone is 2. The maximum atomic E-state index is 11.3. The fourth-order valence-electron chi connectivity index (χ4n) is 3.53. The van der Waals surface area contributed by atoms with Crippen molar-refractivity contribution >= 4 is 5.69 Å². The Labute approximate surface area is 228 Å². The predicted octanol–water partition coefficient (Wildman–Crippen LogP) is 8.50. The first-order valence-corrected chi connectivity index (χ1v) is 13.3. The molecule has 0 bridgehead atoms. The van der Waals surface area contributed by atoms with Crippen LogP contribution in [0.5, 0.6) is 11.5 Å². The van der Waals surface area contributed by atoms with Crippen molar-refractivity contribution in [2.75, 3.05) is 18.3 Å². The highest BCUT2D eigenvalue weighted by atomic mass is 16.5. The highest BCUT2D eigenvalue weighted by molar-refractivity contribution is 5.57. The van der Waals surface area contributed by atoms with Gasteiger partial charge in [0.1, 0.15) is 29.6 Å². The van der Waals surface area contributed by atoms with Crippen molar-refractivity contribution in [1.82, 2.24) is 5.32 Å². The molecule has 1 aliphatic rings. The van der Waals surface area contributed by atoms with Gasteiger partial charge in [0.05, 0.1) is 11.9 Å². The summed E-state index contributed by atoms with van der Waals surface area (Å²) in [7, 11) is 0. The minimum atomic E-state index is 0.203. The Morgan fingerprint density at radius 2 is 1.45 bits per heavy atom. The molecule has 6 nitrogen and oxygen atoms in total. The molecule has 6 heteroatoms. The maximum absolute atomic E-state index is 11.3. The zero-order valence-corrected chi connectivity index (χ0v) is 23.7. The molecule has 2 atom stereocenters. The first-order chi connectivity index (χ1) is 18.3. The lowest BCUT2D eigenvalue weighted by Gasteiger charge is -2.29. The lowest BCUT2D eigenvalue weighted by molar-refractivity contribution is 0.219. The largest absolute Gasteiger partial charge is 0.492 e. The lowest BCUT2D eigenvalue weighted by Crippen LogP contribution is -2.30. The molecule has 1 saturated carbocycles. The van der Waals surface area contributed by atoms with Crippen molar-refractivity contribution in [2.24, 2.45) is 17.1 Å². The van der Waals surface area contributed by atoms with E-state index in [9.17, 15) is 4.91 Å². The number of aryl methyl sites for hydroxylation is 1. The fourth-order valence-corrected chi connectivity index (χ4v) is 3.53.